The van der Waals surface area contributed by atoms with Gasteiger partial charge in [-0.25, -0.2) is 4.98 Å². The summed E-state index contributed by atoms with van der Waals surface area (Å²) in [7, 11) is 0. The molecule has 1 amide bonds. The molecule has 1 N–H and O–H groups in total. The zero-order valence-corrected chi connectivity index (χ0v) is 11.6. The van der Waals surface area contributed by atoms with Gasteiger partial charge in [-0.2, -0.15) is 0 Å². The Labute approximate surface area is 117 Å². The van der Waals surface area contributed by atoms with Crippen molar-refractivity contribution in [3.05, 3.63) is 33.0 Å². The van der Waals surface area contributed by atoms with E-state index in [1.165, 1.54) is 23.6 Å². The average molecular weight is 303 g/mol. The fourth-order valence-corrected chi connectivity index (χ4v) is 2.11. The maximum Gasteiger partial charge on any atom is 0.259 e. The van der Waals surface area contributed by atoms with Crippen molar-refractivity contribution in [2.24, 2.45) is 0 Å². The van der Waals surface area contributed by atoms with Crippen molar-refractivity contribution < 1.29 is 4.79 Å². The summed E-state index contributed by atoms with van der Waals surface area (Å²) in [5.74, 6) is -0.347. The Kier molecular flexibility index (Phi) is 4.11. The molecule has 0 aliphatic rings. The van der Waals surface area contributed by atoms with Crippen molar-refractivity contribution >= 4 is 45.6 Å². The first-order chi connectivity index (χ1) is 8.60. The summed E-state index contributed by atoms with van der Waals surface area (Å²) in [6.45, 7) is 1.97. The van der Waals surface area contributed by atoms with Gasteiger partial charge < -0.3 is 0 Å². The molecular formula is C10H8Cl2N4OS. The van der Waals surface area contributed by atoms with Crippen LogP contribution in [0, 0.1) is 0 Å². The number of carbonyl (C=O) groups is 1. The normalized spacial score (nSPS) is 10.4. The number of aryl methyl sites for hydroxylation is 1. The van der Waals surface area contributed by atoms with Crippen molar-refractivity contribution in [2.75, 3.05) is 5.32 Å². The Morgan fingerprint density at radius 3 is 2.83 bits per heavy atom. The molecule has 0 aliphatic heterocycles. The highest BCUT2D eigenvalue weighted by Gasteiger charge is 2.11. The van der Waals surface area contributed by atoms with E-state index >= 15 is 0 Å². The highest BCUT2D eigenvalue weighted by molar-refractivity contribution is 7.15. The lowest BCUT2D eigenvalue weighted by Gasteiger charge is -2.01. The van der Waals surface area contributed by atoms with E-state index in [9.17, 15) is 4.79 Å². The minimum absolute atomic E-state index is 0.164. The smallest absolute Gasteiger partial charge is 0.259 e. The molecule has 0 saturated heterocycles. The molecule has 0 fully saturated rings. The molecule has 8 heteroatoms. The number of rotatable bonds is 3. The van der Waals surface area contributed by atoms with Crippen LogP contribution >= 0.6 is 34.5 Å². The summed E-state index contributed by atoms with van der Waals surface area (Å²) in [6.07, 6.45) is 2.13. The highest BCUT2D eigenvalue weighted by Crippen LogP contribution is 2.21. The van der Waals surface area contributed by atoms with E-state index in [1.54, 1.807) is 0 Å². The minimum Gasteiger partial charge on any atom is -0.296 e. The van der Waals surface area contributed by atoms with Crippen LogP contribution in [0.1, 0.15) is 22.3 Å². The fraction of sp³-hybridized carbons (Fsp3) is 0.200. The molecule has 18 heavy (non-hydrogen) atoms. The second kappa shape index (κ2) is 5.60. The first-order valence-corrected chi connectivity index (χ1v) is 6.62. The van der Waals surface area contributed by atoms with Crippen molar-refractivity contribution in [3.8, 4) is 0 Å². The summed E-state index contributed by atoms with van der Waals surface area (Å²) < 4.78 is 0. The molecule has 94 valence electrons. The molecule has 0 aliphatic carbocycles. The van der Waals surface area contributed by atoms with E-state index in [-0.39, 0.29) is 16.1 Å². The van der Waals surface area contributed by atoms with Crippen LogP contribution in [0.3, 0.4) is 0 Å². The van der Waals surface area contributed by atoms with E-state index in [0.29, 0.717) is 10.7 Å². The molecule has 5 nitrogen and oxygen atoms in total. The average Bonchev–Trinajstić information content (AvgIpc) is 2.80. The van der Waals surface area contributed by atoms with Crippen LogP contribution in [0.4, 0.5) is 5.13 Å². The van der Waals surface area contributed by atoms with Crippen LogP contribution in [-0.2, 0) is 6.42 Å². The van der Waals surface area contributed by atoms with E-state index < -0.39 is 0 Å². The van der Waals surface area contributed by atoms with Gasteiger partial charge in [0.05, 0.1) is 10.6 Å². The van der Waals surface area contributed by atoms with Gasteiger partial charge in [0.2, 0.25) is 5.13 Å². The summed E-state index contributed by atoms with van der Waals surface area (Å²) >= 11 is 12.8. The molecule has 0 atom stereocenters. The molecule has 2 aromatic heterocycles. The van der Waals surface area contributed by atoms with Gasteiger partial charge in [-0.05, 0) is 12.5 Å². The lowest BCUT2D eigenvalue weighted by atomic mass is 10.3. The Morgan fingerprint density at radius 2 is 2.22 bits per heavy atom. The lowest BCUT2D eigenvalue weighted by molar-refractivity contribution is 0.102. The molecule has 2 aromatic rings. The van der Waals surface area contributed by atoms with E-state index in [2.05, 4.69) is 20.5 Å². The van der Waals surface area contributed by atoms with Gasteiger partial charge >= 0.3 is 0 Å². The third kappa shape index (κ3) is 2.95. The number of anilines is 1. The number of nitrogens with zero attached hydrogens (tertiary/aromatic N) is 3. The molecule has 0 spiro atoms. The predicted octanol–water partition coefficient (Wildman–Crippen LogP) is 3.05. The number of hydrogen-bond acceptors (Lipinski definition) is 5. The summed E-state index contributed by atoms with van der Waals surface area (Å²) in [5.41, 5.74) is 0.317. The monoisotopic (exact) mass is 302 g/mol. The van der Waals surface area contributed by atoms with Crippen LogP contribution in [-0.4, -0.2) is 21.1 Å². The molecule has 0 unspecified atom stereocenters. The van der Waals surface area contributed by atoms with Gasteiger partial charge in [0, 0.05) is 6.20 Å². The van der Waals surface area contributed by atoms with Crippen LogP contribution in [0.2, 0.25) is 10.2 Å². The Morgan fingerprint density at radius 1 is 1.44 bits per heavy atom. The van der Waals surface area contributed by atoms with Crippen LogP contribution in [0.25, 0.3) is 0 Å². The van der Waals surface area contributed by atoms with E-state index in [0.717, 1.165) is 11.4 Å². The number of amides is 1. The first kappa shape index (κ1) is 13.2. The summed E-state index contributed by atoms with van der Waals surface area (Å²) in [5, 5.41) is 12.1. The zero-order chi connectivity index (χ0) is 13.1. The third-order valence-electron chi connectivity index (χ3n) is 2.05. The summed E-state index contributed by atoms with van der Waals surface area (Å²) in [6, 6.07) is 1.45. The van der Waals surface area contributed by atoms with E-state index in [1.807, 2.05) is 6.92 Å². The number of carbonyl (C=O) groups excluding carboxylic acids is 1. The second-order valence-electron chi connectivity index (χ2n) is 3.31. The van der Waals surface area contributed by atoms with Gasteiger partial charge in [0.1, 0.15) is 10.2 Å². The molecule has 0 radical (unpaired) electrons. The minimum atomic E-state index is -0.347. The SMILES string of the molecule is CCc1nnc(NC(=O)c2cnc(Cl)c(Cl)c2)s1. The number of nitrogens with one attached hydrogen (secondary N) is 1. The second-order valence-corrected chi connectivity index (χ2v) is 5.13. The number of aromatic nitrogens is 3. The Bertz CT molecular complexity index is 587. The van der Waals surface area contributed by atoms with Crippen LogP contribution in [0.15, 0.2) is 12.3 Å². The standard InChI is InChI=1S/C10H8Cl2N4OS/c1-2-7-15-16-10(18-7)14-9(17)5-3-6(11)8(12)13-4-5/h3-4H,2H2,1H3,(H,14,16,17). The van der Waals surface area contributed by atoms with Crippen molar-refractivity contribution in [2.45, 2.75) is 13.3 Å². The molecule has 0 saturated carbocycles. The summed E-state index contributed by atoms with van der Waals surface area (Å²) in [4.78, 5) is 15.7. The van der Waals surface area contributed by atoms with Gasteiger partial charge in [-0.3, -0.25) is 10.1 Å². The van der Waals surface area contributed by atoms with E-state index in [4.69, 9.17) is 23.2 Å². The molecule has 0 bridgehead atoms. The van der Waals surface area contributed by atoms with Crippen LogP contribution < -0.4 is 5.32 Å². The molecule has 0 aromatic carbocycles. The first-order valence-electron chi connectivity index (χ1n) is 5.05. The fourth-order valence-electron chi connectivity index (χ4n) is 1.16. The van der Waals surface area contributed by atoms with Crippen molar-refractivity contribution in [1.29, 1.82) is 0 Å². The van der Waals surface area contributed by atoms with Gasteiger partial charge in [-0.1, -0.05) is 41.5 Å². The van der Waals surface area contributed by atoms with Gasteiger partial charge in [0.25, 0.3) is 5.91 Å². The Hall–Kier alpha value is -1.24. The third-order valence-corrected chi connectivity index (χ3v) is 3.72. The number of hydrogen-bond donors (Lipinski definition) is 1. The van der Waals surface area contributed by atoms with Gasteiger partial charge in [0.15, 0.2) is 0 Å². The van der Waals surface area contributed by atoms with Crippen molar-refractivity contribution in [1.82, 2.24) is 15.2 Å². The van der Waals surface area contributed by atoms with Crippen molar-refractivity contribution in [3.63, 3.8) is 0 Å². The largest absolute Gasteiger partial charge is 0.296 e. The maximum atomic E-state index is 11.9. The topological polar surface area (TPSA) is 67.8 Å². The Balaban J connectivity index is 2.14. The van der Waals surface area contributed by atoms with Crippen LogP contribution in [0.5, 0.6) is 0 Å². The number of halogens is 2. The zero-order valence-electron chi connectivity index (χ0n) is 9.28. The highest BCUT2D eigenvalue weighted by atomic mass is 35.5. The number of pyridine rings is 1. The predicted molar refractivity (Wildman–Crippen MR) is 71.5 cm³/mol. The maximum absolute atomic E-state index is 11.9. The quantitative estimate of drug-likeness (QED) is 0.885. The lowest BCUT2D eigenvalue weighted by Crippen LogP contribution is -2.12. The molecular weight excluding hydrogens is 295 g/mol. The molecule has 2 rings (SSSR count). The van der Waals surface area contributed by atoms with Gasteiger partial charge in [-0.15, -0.1) is 10.2 Å². The molecule has 2 heterocycles.